The minimum absolute atomic E-state index is 0.0940. The van der Waals surface area contributed by atoms with E-state index in [2.05, 4.69) is 292 Å². The molecule has 0 radical (unpaired) electrons. The van der Waals surface area contributed by atoms with Gasteiger partial charge in [0, 0.05) is 39.2 Å². The van der Waals surface area contributed by atoms with Crippen molar-refractivity contribution in [2.24, 2.45) is 0 Å². The predicted octanol–water partition coefficient (Wildman–Crippen LogP) is 17.9. The minimum atomic E-state index is 0.0940. The van der Waals surface area contributed by atoms with E-state index in [0.29, 0.717) is 0 Å². The van der Waals surface area contributed by atoms with Gasteiger partial charge in [0.1, 0.15) is 0 Å². The molecule has 1 atom stereocenters. The largest absolute Gasteiger partial charge is 0.334 e. The fourth-order valence-corrected chi connectivity index (χ4v) is 10.7. The number of anilines is 8. The number of benzene rings is 10. The van der Waals surface area contributed by atoms with E-state index in [4.69, 9.17) is 0 Å². The van der Waals surface area contributed by atoms with Crippen LogP contribution in [0.3, 0.4) is 0 Å². The number of fused-ring (bicyclic) bond motifs is 5. The molecule has 1 aromatic heterocycles. The summed E-state index contributed by atoms with van der Waals surface area (Å²) < 4.78 is 2.37. The van der Waals surface area contributed by atoms with Gasteiger partial charge < -0.3 is 19.3 Å². The molecule has 1 aliphatic heterocycles. The fraction of sp³-hybridized carbons (Fsp3) is 0.0303. The number of hydrogen-bond acceptors (Lipinski definition) is 3. The van der Waals surface area contributed by atoms with Crippen LogP contribution in [0.15, 0.2) is 273 Å². The molecular formula is C66H48N4. The molecule has 2 heterocycles. The van der Waals surface area contributed by atoms with Gasteiger partial charge in [0.05, 0.1) is 39.8 Å². The van der Waals surface area contributed by atoms with Crippen LogP contribution in [0.5, 0.6) is 0 Å². The van der Waals surface area contributed by atoms with E-state index in [1.54, 1.807) is 0 Å². The van der Waals surface area contributed by atoms with Crippen molar-refractivity contribution >= 4 is 72.9 Å². The molecule has 332 valence electrons. The maximum atomic E-state index is 2.50. The Hall–Kier alpha value is -9.12. The number of rotatable bonds is 9. The third-order valence-corrected chi connectivity index (χ3v) is 14.0. The molecule has 0 saturated carbocycles. The molecule has 0 bridgehead atoms. The topological polar surface area (TPSA) is 14.7 Å². The van der Waals surface area contributed by atoms with Gasteiger partial charge in [-0.15, -0.1) is 0 Å². The first-order chi connectivity index (χ1) is 34.7. The van der Waals surface area contributed by atoms with Crippen LogP contribution in [0.25, 0.3) is 55.3 Å². The normalized spacial score (nSPS) is 14.1. The molecule has 0 N–H and O–H groups in total. The average Bonchev–Trinajstić information content (AvgIpc) is 3.77. The summed E-state index contributed by atoms with van der Waals surface area (Å²) in [6.45, 7) is 0. The molecule has 0 amide bonds. The van der Waals surface area contributed by atoms with Crippen LogP contribution in [0.4, 0.5) is 45.5 Å². The third-order valence-electron chi connectivity index (χ3n) is 14.0. The van der Waals surface area contributed by atoms with Gasteiger partial charge >= 0.3 is 0 Å². The van der Waals surface area contributed by atoms with E-state index >= 15 is 0 Å². The highest BCUT2D eigenvalue weighted by atomic mass is 15.3. The van der Waals surface area contributed by atoms with Crippen LogP contribution in [-0.4, -0.2) is 10.6 Å². The maximum Gasteiger partial charge on any atom is 0.0709 e. The average molecular weight is 897 g/mol. The first-order valence-corrected chi connectivity index (χ1v) is 24.2. The molecule has 70 heavy (non-hydrogen) atoms. The zero-order chi connectivity index (χ0) is 46.4. The van der Waals surface area contributed by atoms with E-state index in [0.717, 1.165) is 51.9 Å². The van der Waals surface area contributed by atoms with Crippen molar-refractivity contribution in [3.05, 3.63) is 279 Å². The van der Waals surface area contributed by atoms with Gasteiger partial charge in [-0.1, -0.05) is 170 Å². The third kappa shape index (κ3) is 7.26. The first kappa shape index (κ1) is 41.1. The van der Waals surface area contributed by atoms with Crippen molar-refractivity contribution in [3.63, 3.8) is 0 Å². The highest BCUT2D eigenvalue weighted by Gasteiger charge is 2.31. The summed E-state index contributed by atoms with van der Waals surface area (Å²) in [6, 6.07) is 92.4. The second kappa shape index (κ2) is 17.5. The Morgan fingerprint density at radius 2 is 0.814 bits per heavy atom. The fourth-order valence-electron chi connectivity index (χ4n) is 10.7. The number of aromatic nitrogens is 1. The van der Waals surface area contributed by atoms with Crippen molar-refractivity contribution in [2.45, 2.75) is 12.5 Å². The summed E-state index contributed by atoms with van der Waals surface area (Å²) in [7, 11) is 0. The number of allylic oxidation sites excluding steroid dienone is 2. The zero-order valence-electron chi connectivity index (χ0n) is 38.6. The van der Waals surface area contributed by atoms with Gasteiger partial charge in [-0.3, -0.25) is 0 Å². The van der Waals surface area contributed by atoms with Crippen molar-refractivity contribution in [3.8, 4) is 27.9 Å². The molecule has 10 aromatic carbocycles. The highest BCUT2D eigenvalue weighted by Crippen LogP contribution is 2.54. The molecule has 11 aromatic rings. The summed E-state index contributed by atoms with van der Waals surface area (Å²) in [5, 5.41) is 2.51. The molecule has 4 nitrogen and oxygen atoms in total. The monoisotopic (exact) mass is 896 g/mol. The standard InChI is InChI=1S/C66H48N4/c1-5-17-47(18-6-1)48-29-37-56(38-30-48)67(57-39-31-49(32-40-57)51-35-43-62-60(45-51)59-25-13-14-26-61(59)68(62)53-19-7-2-8-20-53)58-41-33-50(34-42-58)52-36-44-65-66(46-52)70(55-23-11-4-12-24-55)64-28-16-15-27-63(64)69(65)54-21-9-3-10-22-54/h1-41,43-46,58H,42H2. The van der Waals surface area contributed by atoms with Gasteiger partial charge in [-0.2, -0.15) is 0 Å². The minimum Gasteiger partial charge on any atom is -0.334 e. The Bertz CT molecular complexity index is 3730. The Labute approximate surface area is 409 Å². The van der Waals surface area contributed by atoms with Crippen molar-refractivity contribution in [1.82, 2.24) is 4.57 Å². The lowest BCUT2D eigenvalue weighted by atomic mass is 9.93. The summed E-state index contributed by atoms with van der Waals surface area (Å²) >= 11 is 0. The quantitative estimate of drug-likeness (QED) is 0.143. The van der Waals surface area contributed by atoms with Gasteiger partial charge in [0.25, 0.3) is 0 Å². The number of para-hydroxylation sites is 6. The molecule has 0 saturated heterocycles. The molecule has 1 unspecified atom stereocenters. The lowest BCUT2D eigenvalue weighted by Crippen LogP contribution is -2.30. The zero-order valence-corrected chi connectivity index (χ0v) is 38.6. The number of nitrogens with zero attached hydrogens (tertiary/aromatic N) is 4. The number of hydrogen-bond donors (Lipinski definition) is 0. The van der Waals surface area contributed by atoms with Gasteiger partial charge in [-0.05, 0) is 143 Å². The summed E-state index contributed by atoms with van der Waals surface area (Å²) in [5.41, 5.74) is 19.9. The lowest BCUT2D eigenvalue weighted by Gasteiger charge is -2.40. The van der Waals surface area contributed by atoms with Crippen molar-refractivity contribution in [2.75, 3.05) is 14.7 Å². The summed E-state index contributed by atoms with van der Waals surface area (Å²) in [6.07, 6.45) is 7.99. The molecule has 0 spiro atoms. The van der Waals surface area contributed by atoms with E-state index in [1.807, 2.05) is 0 Å². The van der Waals surface area contributed by atoms with E-state index in [9.17, 15) is 0 Å². The van der Waals surface area contributed by atoms with Crippen molar-refractivity contribution in [1.29, 1.82) is 0 Å². The van der Waals surface area contributed by atoms with Crippen LogP contribution in [0.1, 0.15) is 12.0 Å². The van der Waals surface area contributed by atoms with Crippen LogP contribution in [0, 0.1) is 0 Å². The lowest BCUT2D eigenvalue weighted by molar-refractivity contribution is 0.787. The molecule has 4 heteroatoms. The smallest absolute Gasteiger partial charge is 0.0709 e. The SMILES string of the molecule is C1=CC(N(c2ccc(-c3ccccc3)cc2)c2ccc(-c3ccc4c(c3)c3ccccc3n4-c3ccccc3)cc2)CC=C1c1ccc2c(c1)N(c1ccccc1)c1ccccc1N2c1ccccc1. The van der Waals surface area contributed by atoms with E-state index in [1.165, 1.54) is 60.9 Å². The van der Waals surface area contributed by atoms with Crippen LogP contribution in [0.2, 0.25) is 0 Å². The maximum absolute atomic E-state index is 2.50. The van der Waals surface area contributed by atoms with E-state index < -0.39 is 0 Å². The molecule has 13 rings (SSSR count). The Balaban J connectivity index is 0.853. The highest BCUT2D eigenvalue weighted by molar-refractivity contribution is 6.10. The second-order valence-electron chi connectivity index (χ2n) is 18.1. The Morgan fingerprint density at radius 3 is 1.43 bits per heavy atom. The summed E-state index contributed by atoms with van der Waals surface area (Å²) in [5.74, 6) is 0. The molecule has 0 fully saturated rings. The first-order valence-electron chi connectivity index (χ1n) is 24.2. The summed E-state index contributed by atoms with van der Waals surface area (Å²) in [4.78, 5) is 7.30. The van der Waals surface area contributed by atoms with Crippen molar-refractivity contribution < 1.29 is 0 Å². The van der Waals surface area contributed by atoms with Crippen LogP contribution >= 0.6 is 0 Å². The van der Waals surface area contributed by atoms with E-state index in [-0.39, 0.29) is 6.04 Å². The van der Waals surface area contributed by atoms with Crippen LogP contribution in [-0.2, 0) is 0 Å². The molecular weight excluding hydrogens is 849 g/mol. The van der Waals surface area contributed by atoms with Gasteiger partial charge in [0.15, 0.2) is 0 Å². The van der Waals surface area contributed by atoms with Crippen LogP contribution < -0.4 is 14.7 Å². The predicted molar refractivity (Wildman–Crippen MR) is 295 cm³/mol. The Morgan fingerprint density at radius 1 is 0.343 bits per heavy atom. The second-order valence-corrected chi connectivity index (χ2v) is 18.1. The Kier molecular flexibility index (Phi) is 10.3. The molecule has 2 aliphatic rings. The molecule has 1 aliphatic carbocycles. The van der Waals surface area contributed by atoms with Gasteiger partial charge in [-0.25, -0.2) is 0 Å². The van der Waals surface area contributed by atoms with Gasteiger partial charge in [0.2, 0.25) is 0 Å².